The Labute approximate surface area is 110 Å². The summed E-state index contributed by atoms with van der Waals surface area (Å²) in [5.41, 5.74) is 2.39. The third-order valence-electron chi connectivity index (χ3n) is 2.38. The van der Waals surface area contributed by atoms with E-state index in [1.807, 2.05) is 42.5 Å². The quantitative estimate of drug-likeness (QED) is 0.685. The summed E-state index contributed by atoms with van der Waals surface area (Å²) < 4.78 is 1.09. The predicted octanol–water partition coefficient (Wildman–Crippen LogP) is 5.14. The average Bonchev–Trinajstić information content (AvgIpc) is 2.41. The summed E-state index contributed by atoms with van der Waals surface area (Å²) >= 11 is 3.57. The maximum absolute atomic E-state index is 3.57. The van der Waals surface area contributed by atoms with Crippen molar-refractivity contribution < 1.29 is 0 Å². The summed E-state index contributed by atoms with van der Waals surface area (Å²) in [6.45, 7) is 0. The summed E-state index contributed by atoms with van der Waals surface area (Å²) in [7, 11) is 0. The first kappa shape index (κ1) is 11.9. The molecule has 2 aromatic rings. The van der Waals surface area contributed by atoms with Crippen molar-refractivity contribution in [1.29, 1.82) is 0 Å². The highest BCUT2D eigenvalue weighted by molar-refractivity contribution is 9.15. The SMILES string of the molecule is Br/C(=C/C=C\c1ccccc1)c1ccccc1. The number of rotatable bonds is 3. The van der Waals surface area contributed by atoms with Gasteiger partial charge in [-0.25, -0.2) is 0 Å². The van der Waals surface area contributed by atoms with E-state index in [-0.39, 0.29) is 0 Å². The van der Waals surface area contributed by atoms with Crippen LogP contribution in [0, 0.1) is 0 Å². The number of halogens is 1. The van der Waals surface area contributed by atoms with Crippen molar-refractivity contribution in [2.24, 2.45) is 0 Å². The Morgan fingerprint density at radius 3 is 2.06 bits per heavy atom. The standard InChI is InChI=1S/C16H13Br/c17-16(15-11-5-2-6-12-15)13-7-10-14-8-3-1-4-9-14/h1-13H/b10-7-,16-13+. The van der Waals surface area contributed by atoms with Gasteiger partial charge in [0.25, 0.3) is 0 Å². The lowest BCUT2D eigenvalue weighted by Gasteiger charge is -1.96. The van der Waals surface area contributed by atoms with Crippen molar-refractivity contribution in [1.82, 2.24) is 0 Å². The number of benzene rings is 2. The van der Waals surface area contributed by atoms with E-state index >= 15 is 0 Å². The van der Waals surface area contributed by atoms with Crippen molar-refractivity contribution in [2.45, 2.75) is 0 Å². The molecule has 2 rings (SSSR count). The van der Waals surface area contributed by atoms with Crippen LogP contribution in [0.25, 0.3) is 10.6 Å². The van der Waals surface area contributed by atoms with Crippen LogP contribution in [0.5, 0.6) is 0 Å². The molecule has 0 aliphatic heterocycles. The van der Waals surface area contributed by atoms with Crippen molar-refractivity contribution in [2.75, 3.05) is 0 Å². The highest BCUT2D eigenvalue weighted by Crippen LogP contribution is 2.20. The lowest BCUT2D eigenvalue weighted by atomic mass is 10.2. The van der Waals surface area contributed by atoms with Gasteiger partial charge in [-0.2, -0.15) is 0 Å². The van der Waals surface area contributed by atoms with E-state index in [1.165, 1.54) is 11.1 Å². The zero-order valence-electron chi connectivity index (χ0n) is 9.38. The molecule has 0 amide bonds. The average molecular weight is 285 g/mol. The van der Waals surface area contributed by atoms with Crippen LogP contribution in [-0.4, -0.2) is 0 Å². The first-order valence-corrected chi connectivity index (χ1v) is 6.30. The third kappa shape index (κ3) is 3.72. The van der Waals surface area contributed by atoms with Gasteiger partial charge in [0, 0.05) is 4.48 Å². The maximum Gasteiger partial charge on any atom is 0.0247 e. The van der Waals surface area contributed by atoms with E-state index in [2.05, 4.69) is 52.3 Å². The monoisotopic (exact) mass is 284 g/mol. The number of hydrogen-bond donors (Lipinski definition) is 0. The molecule has 0 radical (unpaired) electrons. The maximum atomic E-state index is 3.57. The zero-order chi connectivity index (χ0) is 11.9. The van der Waals surface area contributed by atoms with Crippen molar-refractivity contribution >= 4 is 26.5 Å². The van der Waals surface area contributed by atoms with Crippen molar-refractivity contribution in [3.05, 3.63) is 83.9 Å². The molecule has 17 heavy (non-hydrogen) atoms. The molecule has 0 aliphatic carbocycles. The van der Waals surface area contributed by atoms with Crippen LogP contribution in [0.2, 0.25) is 0 Å². The number of allylic oxidation sites excluding steroid dienone is 2. The van der Waals surface area contributed by atoms with Crippen LogP contribution in [0.4, 0.5) is 0 Å². The molecule has 2 aromatic carbocycles. The van der Waals surface area contributed by atoms with Crippen LogP contribution in [-0.2, 0) is 0 Å². The molecule has 0 bridgehead atoms. The Kier molecular flexibility index (Phi) is 4.34. The second-order valence-corrected chi connectivity index (χ2v) is 4.50. The summed E-state index contributed by atoms with van der Waals surface area (Å²) in [6.07, 6.45) is 6.19. The Balaban J connectivity index is 2.09. The molecule has 0 nitrogen and oxygen atoms in total. The first-order valence-electron chi connectivity index (χ1n) is 5.50. The van der Waals surface area contributed by atoms with Crippen molar-refractivity contribution in [3.8, 4) is 0 Å². The lowest BCUT2D eigenvalue weighted by molar-refractivity contribution is 1.65. The van der Waals surface area contributed by atoms with Crippen LogP contribution in [0.3, 0.4) is 0 Å². The van der Waals surface area contributed by atoms with Crippen LogP contribution < -0.4 is 0 Å². The Hall–Kier alpha value is -1.60. The van der Waals surface area contributed by atoms with E-state index in [1.54, 1.807) is 0 Å². The molecule has 0 aliphatic rings. The number of hydrogen-bond acceptors (Lipinski definition) is 0. The minimum atomic E-state index is 1.09. The Bertz CT molecular complexity index is 510. The van der Waals surface area contributed by atoms with Crippen LogP contribution >= 0.6 is 15.9 Å². The molecule has 0 aromatic heterocycles. The van der Waals surface area contributed by atoms with Gasteiger partial charge < -0.3 is 0 Å². The molecule has 84 valence electrons. The summed E-state index contributed by atoms with van der Waals surface area (Å²) in [5.74, 6) is 0. The molecule has 0 fully saturated rings. The van der Waals surface area contributed by atoms with Gasteiger partial charge in [0.05, 0.1) is 0 Å². The van der Waals surface area contributed by atoms with E-state index < -0.39 is 0 Å². The van der Waals surface area contributed by atoms with Gasteiger partial charge in [-0.15, -0.1) is 0 Å². The van der Waals surface area contributed by atoms with Crippen molar-refractivity contribution in [3.63, 3.8) is 0 Å². The summed E-state index contributed by atoms with van der Waals surface area (Å²) in [4.78, 5) is 0. The van der Waals surface area contributed by atoms with E-state index in [0.29, 0.717) is 0 Å². The summed E-state index contributed by atoms with van der Waals surface area (Å²) in [5, 5.41) is 0. The van der Waals surface area contributed by atoms with Crippen LogP contribution in [0.1, 0.15) is 11.1 Å². The second kappa shape index (κ2) is 6.21. The first-order chi connectivity index (χ1) is 8.36. The fraction of sp³-hybridized carbons (Fsp3) is 0. The largest absolute Gasteiger partial charge is 0.0622 e. The molecule has 0 heterocycles. The van der Waals surface area contributed by atoms with Crippen LogP contribution in [0.15, 0.2) is 72.8 Å². The lowest BCUT2D eigenvalue weighted by Crippen LogP contribution is -1.73. The molecule has 0 saturated heterocycles. The van der Waals surface area contributed by atoms with E-state index in [4.69, 9.17) is 0 Å². The minimum absolute atomic E-state index is 1.09. The van der Waals surface area contributed by atoms with Gasteiger partial charge in [-0.3, -0.25) is 0 Å². The van der Waals surface area contributed by atoms with E-state index in [0.717, 1.165) is 4.48 Å². The minimum Gasteiger partial charge on any atom is -0.0622 e. The third-order valence-corrected chi connectivity index (χ3v) is 3.10. The van der Waals surface area contributed by atoms with Gasteiger partial charge in [-0.05, 0) is 17.2 Å². The molecule has 0 atom stereocenters. The van der Waals surface area contributed by atoms with Gasteiger partial charge in [0.1, 0.15) is 0 Å². The van der Waals surface area contributed by atoms with Gasteiger partial charge in [0.2, 0.25) is 0 Å². The molecule has 1 heteroatoms. The molecule has 0 unspecified atom stereocenters. The van der Waals surface area contributed by atoms with Gasteiger partial charge >= 0.3 is 0 Å². The molecular formula is C16H13Br. The Morgan fingerprint density at radius 2 is 1.41 bits per heavy atom. The summed E-state index contributed by atoms with van der Waals surface area (Å²) in [6, 6.07) is 20.5. The molecule has 0 spiro atoms. The van der Waals surface area contributed by atoms with Gasteiger partial charge in [0.15, 0.2) is 0 Å². The normalized spacial score (nSPS) is 11.9. The molecular weight excluding hydrogens is 272 g/mol. The topological polar surface area (TPSA) is 0 Å². The fourth-order valence-corrected chi connectivity index (χ4v) is 1.92. The molecule has 0 N–H and O–H groups in total. The predicted molar refractivity (Wildman–Crippen MR) is 78.8 cm³/mol. The van der Waals surface area contributed by atoms with Gasteiger partial charge in [-0.1, -0.05) is 88.7 Å². The highest BCUT2D eigenvalue weighted by Gasteiger charge is 1.92. The molecule has 0 saturated carbocycles. The smallest absolute Gasteiger partial charge is 0.0247 e. The second-order valence-electron chi connectivity index (χ2n) is 3.65. The fourth-order valence-electron chi connectivity index (χ4n) is 1.50. The van der Waals surface area contributed by atoms with E-state index in [9.17, 15) is 0 Å². The zero-order valence-corrected chi connectivity index (χ0v) is 11.0. The Morgan fingerprint density at radius 1 is 0.824 bits per heavy atom. The highest BCUT2D eigenvalue weighted by atomic mass is 79.9.